The number of hydrogen-bond donors (Lipinski definition) is 2. The number of halogens is 2. The smallest absolute Gasteiger partial charge is 0.271 e. The van der Waals surface area contributed by atoms with Gasteiger partial charge >= 0.3 is 0 Å². The standard InChI is InChI=1S/C26H19ClFN7O4S2/c27-17-9-8-15(35(38)39)10-18(17)31-21(37)12-40-26-33-32-25(41-26)34-19-2-1-3-20(36)23(19)22(16(11-29)24(34)30)13-4-6-14(28)7-5-13/h4-10,22H,1-3,12,30H2,(H,31,37). The van der Waals surface area contributed by atoms with E-state index in [-0.39, 0.29) is 39.3 Å². The van der Waals surface area contributed by atoms with Crippen LogP contribution in [0.2, 0.25) is 5.02 Å². The summed E-state index contributed by atoms with van der Waals surface area (Å²) in [5.74, 6) is -1.76. The van der Waals surface area contributed by atoms with Crippen LogP contribution < -0.4 is 16.0 Å². The van der Waals surface area contributed by atoms with Gasteiger partial charge in [0.1, 0.15) is 11.6 Å². The van der Waals surface area contributed by atoms with Crippen LogP contribution in [0, 0.1) is 27.3 Å². The highest BCUT2D eigenvalue weighted by Gasteiger charge is 2.41. The molecule has 15 heteroatoms. The van der Waals surface area contributed by atoms with Crippen LogP contribution in [0.15, 0.2) is 69.5 Å². The molecule has 0 saturated heterocycles. The Morgan fingerprint density at radius 1 is 1.29 bits per heavy atom. The number of nitriles is 1. The van der Waals surface area contributed by atoms with Gasteiger partial charge in [0.2, 0.25) is 11.0 Å². The van der Waals surface area contributed by atoms with Crippen LogP contribution in [0.3, 0.4) is 0 Å². The Hall–Kier alpha value is -4.32. The number of aromatic nitrogens is 2. The number of allylic oxidation sites excluding steroid dienone is 3. The van der Waals surface area contributed by atoms with Crippen LogP contribution in [0.25, 0.3) is 0 Å². The normalized spacial score (nSPS) is 16.9. The second-order valence-corrected chi connectivity index (χ2v) is 11.6. The number of carbonyl (C=O) groups is 2. The van der Waals surface area contributed by atoms with Crippen LogP contribution >= 0.6 is 34.7 Å². The van der Waals surface area contributed by atoms with E-state index in [0.717, 1.165) is 23.1 Å². The molecule has 208 valence electrons. The maximum Gasteiger partial charge on any atom is 0.271 e. The lowest BCUT2D eigenvalue weighted by molar-refractivity contribution is -0.384. The predicted octanol–water partition coefficient (Wildman–Crippen LogP) is 5.27. The zero-order valence-corrected chi connectivity index (χ0v) is 23.4. The summed E-state index contributed by atoms with van der Waals surface area (Å²) < 4.78 is 14.0. The highest BCUT2D eigenvalue weighted by Crippen LogP contribution is 2.47. The number of nitro benzene ring substituents is 1. The molecule has 1 unspecified atom stereocenters. The van der Waals surface area contributed by atoms with E-state index in [9.17, 15) is 29.4 Å². The van der Waals surface area contributed by atoms with Gasteiger partial charge in [0.05, 0.1) is 38.9 Å². The average Bonchev–Trinajstić information content (AvgIpc) is 3.41. The molecule has 0 bridgehead atoms. The Morgan fingerprint density at radius 3 is 2.76 bits per heavy atom. The van der Waals surface area contributed by atoms with Crippen LogP contribution in [0.5, 0.6) is 0 Å². The molecule has 0 spiro atoms. The van der Waals surface area contributed by atoms with Crippen molar-refractivity contribution in [2.24, 2.45) is 5.73 Å². The molecule has 0 radical (unpaired) electrons. The molecule has 1 amide bonds. The molecule has 2 heterocycles. The maximum absolute atomic E-state index is 13.6. The van der Waals surface area contributed by atoms with Crippen molar-refractivity contribution >= 4 is 62.9 Å². The van der Waals surface area contributed by atoms with Crippen molar-refractivity contribution in [3.8, 4) is 6.07 Å². The summed E-state index contributed by atoms with van der Waals surface area (Å²) in [4.78, 5) is 37.7. The SMILES string of the molecule is N#CC1=C(N)N(c2nnc(SCC(=O)Nc3cc([N+](=O)[O-])ccc3Cl)s2)C2=C(C(=O)CCC2)C1c1ccc(F)cc1. The third-order valence-electron chi connectivity index (χ3n) is 6.47. The van der Waals surface area contributed by atoms with Crippen LogP contribution in [0.4, 0.5) is 20.9 Å². The highest BCUT2D eigenvalue weighted by molar-refractivity contribution is 8.01. The number of thioether (sulfide) groups is 1. The molecule has 2 aliphatic rings. The minimum absolute atomic E-state index is 0.0957. The topological polar surface area (TPSA) is 168 Å². The molecule has 3 N–H and O–H groups in total. The molecule has 2 aromatic carbocycles. The first kappa shape index (κ1) is 28.2. The van der Waals surface area contributed by atoms with Gasteiger partial charge in [0, 0.05) is 29.8 Å². The van der Waals surface area contributed by atoms with E-state index in [2.05, 4.69) is 21.6 Å². The summed E-state index contributed by atoms with van der Waals surface area (Å²) in [5.41, 5.74) is 8.16. The van der Waals surface area contributed by atoms with Gasteiger partial charge in [-0.1, -0.05) is 46.8 Å². The van der Waals surface area contributed by atoms with Crippen molar-refractivity contribution in [1.29, 1.82) is 5.26 Å². The number of non-ortho nitro benzene ring substituents is 1. The molecule has 11 nitrogen and oxygen atoms in total. The minimum atomic E-state index is -0.731. The number of benzene rings is 2. The van der Waals surface area contributed by atoms with E-state index in [4.69, 9.17) is 17.3 Å². The van der Waals surface area contributed by atoms with E-state index in [1.807, 2.05) is 0 Å². The predicted molar refractivity (Wildman–Crippen MR) is 152 cm³/mol. The summed E-state index contributed by atoms with van der Waals surface area (Å²) >= 11 is 8.25. The molecule has 3 aromatic rings. The highest BCUT2D eigenvalue weighted by atomic mass is 35.5. The molecular formula is C26H19ClFN7O4S2. The number of anilines is 2. The van der Waals surface area contributed by atoms with Crippen LogP contribution in [0.1, 0.15) is 30.7 Å². The largest absolute Gasteiger partial charge is 0.384 e. The van der Waals surface area contributed by atoms with E-state index >= 15 is 0 Å². The molecule has 1 aliphatic carbocycles. The van der Waals surface area contributed by atoms with Crippen molar-refractivity contribution in [3.05, 3.63) is 91.6 Å². The van der Waals surface area contributed by atoms with Crippen LogP contribution in [-0.2, 0) is 9.59 Å². The number of nitrogens with one attached hydrogen (secondary N) is 1. The zero-order chi connectivity index (χ0) is 29.3. The fraction of sp³-hybridized carbons (Fsp3) is 0.192. The summed E-state index contributed by atoms with van der Waals surface area (Å²) in [6.45, 7) is 0. The zero-order valence-electron chi connectivity index (χ0n) is 21.0. The number of rotatable bonds is 7. The molecule has 1 aromatic heterocycles. The lowest BCUT2D eigenvalue weighted by atomic mass is 9.76. The molecule has 0 fully saturated rings. The molecular weight excluding hydrogens is 593 g/mol. The quantitative estimate of drug-likeness (QED) is 0.204. The van der Waals surface area contributed by atoms with Gasteiger partial charge in [-0.15, -0.1) is 10.2 Å². The first-order valence-corrected chi connectivity index (χ1v) is 14.3. The third kappa shape index (κ3) is 5.64. The monoisotopic (exact) mass is 611 g/mol. The fourth-order valence-electron chi connectivity index (χ4n) is 4.68. The Balaban J connectivity index is 1.39. The Morgan fingerprint density at radius 2 is 2.05 bits per heavy atom. The number of amides is 1. The van der Waals surface area contributed by atoms with Crippen molar-refractivity contribution in [1.82, 2.24) is 10.2 Å². The second kappa shape index (κ2) is 11.7. The second-order valence-electron chi connectivity index (χ2n) is 8.98. The number of Topliss-reactive ketones (excluding diaryl/α,β-unsaturated/α-hetero) is 1. The Bertz CT molecular complexity index is 1680. The number of ketones is 1. The summed E-state index contributed by atoms with van der Waals surface area (Å²) in [6, 6.07) is 11.5. The van der Waals surface area contributed by atoms with Crippen molar-refractivity contribution in [2.75, 3.05) is 16.0 Å². The van der Waals surface area contributed by atoms with E-state index in [1.54, 1.807) is 17.0 Å². The first-order valence-electron chi connectivity index (χ1n) is 12.1. The van der Waals surface area contributed by atoms with Gasteiger partial charge in [-0.25, -0.2) is 4.39 Å². The Kier molecular flexibility index (Phi) is 8.02. The van der Waals surface area contributed by atoms with E-state index < -0.39 is 22.6 Å². The average molecular weight is 612 g/mol. The number of hydrogen-bond acceptors (Lipinski definition) is 11. The van der Waals surface area contributed by atoms with Gasteiger partial charge in [-0.2, -0.15) is 5.26 Å². The number of nitrogens with zero attached hydrogens (tertiary/aromatic N) is 5. The van der Waals surface area contributed by atoms with Gasteiger partial charge < -0.3 is 11.1 Å². The minimum Gasteiger partial charge on any atom is -0.384 e. The van der Waals surface area contributed by atoms with Crippen molar-refractivity contribution in [2.45, 2.75) is 29.5 Å². The van der Waals surface area contributed by atoms with Gasteiger partial charge in [0.25, 0.3) is 5.69 Å². The van der Waals surface area contributed by atoms with Crippen molar-refractivity contribution in [3.63, 3.8) is 0 Å². The third-order valence-corrected chi connectivity index (χ3v) is 8.84. The number of carbonyl (C=O) groups excluding carboxylic acids is 2. The van der Waals surface area contributed by atoms with Crippen molar-refractivity contribution < 1.29 is 18.9 Å². The summed E-state index contributed by atoms with van der Waals surface area (Å²) in [6.07, 6.45) is 1.40. The maximum atomic E-state index is 13.6. The Labute approximate surface area is 245 Å². The lowest BCUT2D eigenvalue weighted by Gasteiger charge is -2.38. The first-order chi connectivity index (χ1) is 19.7. The van der Waals surface area contributed by atoms with E-state index in [0.29, 0.717) is 45.6 Å². The summed E-state index contributed by atoms with van der Waals surface area (Å²) in [5, 5.41) is 32.5. The molecule has 1 aliphatic heterocycles. The fourth-order valence-corrected chi connectivity index (χ4v) is 6.53. The van der Waals surface area contributed by atoms with Gasteiger partial charge in [0.15, 0.2) is 10.1 Å². The van der Waals surface area contributed by atoms with E-state index in [1.165, 1.54) is 30.3 Å². The van der Waals surface area contributed by atoms with Gasteiger partial charge in [-0.3, -0.25) is 24.6 Å². The number of nitro groups is 1. The van der Waals surface area contributed by atoms with Crippen LogP contribution in [-0.4, -0.2) is 32.6 Å². The molecule has 1 atom stereocenters. The molecule has 41 heavy (non-hydrogen) atoms. The number of nitrogens with two attached hydrogens (primary N) is 1. The molecule has 5 rings (SSSR count). The van der Waals surface area contributed by atoms with Gasteiger partial charge in [-0.05, 0) is 36.6 Å². The summed E-state index contributed by atoms with van der Waals surface area (Å²) in [7, 11) is 0. The lowest BCUT2D eigenvalue weighted by Crippen LogP contribution is -2.38. The molecule has 0 saturated carbocycles.